The average molecular weight is 346 g/mol. The zero-order valence-electron chi connectivity index (χ0n) is 11.6. The number of nitrogens with zero attached hydrogens (tertiary/aromatic N) is 3. The van der Waals surface area contributed by atoms with Crippen LogP contribution in [0.2, 0.25) is 0 Å². The Morgan fingerprint density at radius 2 is 1.90 bits per heavy atom. The Balaban J connectivity index is 1.47. The molecular formula is C16H16BrN3O. The average Bonchev–Trinajstić information content (AvgIpc) is 3.19. The summed E-state index contributed by atoms with van der Waals surface area (Å²) in [6.07, 6.45) is 5.39. The molecule has 5 heteroatoms. The molecule has 5 rings (SSSR count). The molecule has 4 nitrogen and oxygen atoms in total. The summed E-state index contributed by atoms with van der Waals surface area (Å²) in [5, 5.41) is 1.08. The molecule has 0 aliphatic carbocycles. The summed E-state index contributed by atoms with van der Waals surface area (Å²) in [4.78, 5) is 11.7. The number of benzene rings is 1. The normalized spacial score (nSPS) is 33.9. The Morgan fingerprint density at radius 1 is 1.14 bits per heavy atom. The van der Waals surface area contributed by atoms with E-state index in [1.54, 1.807) is 0 Å². The molecule has 21 heavy (non-hydrogen) atoms. The number of hydrogen-bond donors (Lipinski definition) is 0. The highest BCUT2D eigenvalue weighted by atomic mass is 79.9. The molecule has 1 aromatic carbocycles. The van der Waals surface area contributed by atoms with Gasteiger partial charge in [-0.3, -0.25) is 0 Å². The van der Waals surface area contributed by atoms with Gasteiger partial charge in [-0.05, 0) is 31.0 Å². The maximum absolute atomic E-state index is 6.03. The van der Waals surface area contributed by atoms with Gasteiger partial charge in [-0.15, -0.1) is 0 Å². The highest BCUT2D eigenvalue weighted by Crippen LogP contribution is 2.47. The van der Waals surface area contributed by atoms with Gasteiger partial charge in [-0.2, -0.15) is 0 Å². The van der Waals surface area contributed by atoms with Gasteiger partial charge in [0.1, 0.15) is 0 Å². The Hall–Kier alpha value is -1.20. The van der Waals surface area contributed by atoms with Gasteiger partial charge in [0.05, 0.1) is 17.7 Å². The highest BCUT2D eigenvalue weighted by molar-refractivity contribution is 9.10. The van der Waals surface area contributed by atoms with Crippen LogP contribution in [0.4, 0.5) is 5.95 Å². The molecule has 0 spiro atoms. The number of anilines is 1. The van der Waals surface area contributed by atoms with Crippen LogP contribution in [0.5, 0.6) is 0 Å². The monoisotopic (exact) mass is 345 g/mol. The molecule has 0 radical (unpaired) electrons. The third kappa shape index (κ3) is 1.83. The van der Waals surface area contributed by atoms with Gasteiger partial charge in [-0.25, -0.2) is 9.97 Å². The Labute approximate surface area is 131 Å². The maximum atomic E-state index is 6.03. The van der Waals surface area contributed by atoms with E-state index in [1.165, 1.54) is 12.8 Å². The lowest BCUT2D eigenvalue weighted by molar-refractivity contribution is 0.0849. The fraction of sp³-hybridized carbons (Fsp3) is 0.500. The van der Waals surface area contributed by atoms with Crippen molar-refractivity contribution in [3.05, 3.63) is 28.9 Å². The molecule has 0 saturated carbocycles. The van der Waals surface area contributed by atoms with Crippen molar-refractivity contribution in [3.8, 4) is 0 Å². The predicted molar refractivity (Wildman–Crippen MR) is 84.3 cm³/mol. The molecule has 3 saturated heterocycles. The van der Waals surface area contributed by atoms with Gasteiger partial charge in [0, 0.05) is 41.0 Å². The molecule has 0 amide bonds. The van der Waals surface area contributed by atoms with E-state index in [9.17, 15) is 0 Å². The van der Waals surface area contributed by atoms with Crippen LogP contribution in [0.25, 0.3) is 10.9 Å². The Kier molecular flexibility index (Phi) is 2.59. The van der Waals surface area contributed by atoms with Gasteiger partial charge < -0.3 is 9.64 Å². The highest BCUT2D eigenvalue weighted by Gasteiger charge is 2.53. The van der Waals surface area contributed by atoms with E-state index < -0.39 is 0 Å². The van der Waals surface area contributed by atoms with E-state index in [1.807, 2.05) is 18.3 Å². The zero-order valence-corrected chi connectivity index (χ0v) is 13.2. The van der Waals surface area contributed by atoms with Crippen molar-refractivity contribution in [1.29, 1.82) is 0 Å². The van der Waals surface area contributed by atoms with Crippen LogP contribution in [0.1, 0.15) is 12.8 Å². The molecular weight excluding hydrogens is 330 g/mol. The summed E-state index contributed by atoms with van der Waals surface area (Å²) in [5.41, 5.74) is 1.01. The molecule has 2 unspecified atom stereocenters. The SMILES string of the molecule is Brc1ccc2nc(N3C[C@@H]4C5CCC(O5)[C@@H]4C3)ncc2c1. The van der Waals surface area contributed by atoms with E-state index >= 15 is 0 Å². The van der Waals surface area contributed by atoms with Crippen molar-refractivity contribution in [2.24, 2.45) is 11.8 Å². The fourth-order valence-electron chi connectivity index (χ4n) is 4.27. The fourth-order valence-corrected chi connectivity index (χ4v) is 4.65. The van der Waals surface area contributed by atoms with Crippen LogP contribution in [0.15, 0.2) is 28.9 Å². The lowest BCUT2D eigenvalue weighted by Crippen LogP contribution is -2.26. The van der Waals surface area contributed by atoms with Crippen molar-refractivity contribution in [2.75, 3.05) is 18.0 Å². The van der Waals surface area contributed by atoms with Gasteiger partial charge in [0.2, 0.25) is 5.95 Å². The van der Waals surface area contributed by atoms with E-state index in [2.05, 4.69) is 31.9 Å². The Bertz CT molecular complexity index is 704. The molecule has 2 aromatic rings. The molecule has 108 valence electrons. The number of rotatable bonds is 1. The van der Waals surface area contributed by atoms with Gasteiger partial charge >= 0.3 is 0 Å². The first-order valence-electron chi connectivity index (χ1n) is 7.61. The summed E-state index contributed by atoms with van der Waals surface area (Å²) in [5.74, 6) is 2.25. The minimum Gasteiger partial charge on any atom is -0.374 e. The predicted octanol–water partition coefficient (Wildman–Crippen LogP) is 3.01. The van der Waals surface area contributed by atoms with E-state index in [0.29, 0.717) is 24.0 Å². The first-order chi connectivity index (χ1) is 10.3. The van der Waals surface area contributed by atoms with Crippen molar-refractivity contribution in [3.63, 3.8) is 0 Å². The van der Waals surface area contributed by atoms with Crippen LogP contribution in [0.3, 0.4) is 0 Å². The number of halogens is 1. The lowest BCUT2D eigenvalue weighted by atomic mass is 9.82. The van der Waals surface area contributed by atoms with Gasteiger partial charge in [0.15, 0.2) is 0 Å². The molecule has 3 fully saturated rings. The van der Waals surface area contributed by atoms with Crippen molar-refractivity contribution < 1.29 is 4.74 Å². The third-order valence-electron chi connectivity index (χ3n) is 5.26. The Morgan fingerprint density at radius 3 is 2.67 bits per heavy atom. The van der Waals surface area contributed by atoms with E-state index in [0.717, 1.165) is 34.4 Å². The van der Waals surface area contributed by atoms with Gasteiger partial charge in [-0.1, -0.05) is 15.9 Å². The molecule has 2 bridgehead atoms. The van der Waals surface area contributed by atoms with E-state index in [-0.39, 0.29) is 0 Å². The van der Waals surface area contributed by atoms with Crippen molar-refractivity contribution >= 4 is 32.8 Å². The summed E-state index contributed by atoms with van der Waals surface area (Å²) in [6, 6.07) is 6.14. The molecule has 3 aliphatic heterocycles. The second kappa shape index (κ2) is 4.40. The number of fused-ring (bicyclic) bond motifs is 6. The molecule has 4 atom stereocenters. The minimum absolute atomic E-state index is 0.487. The quantitative estimate of drug-likeness (QED) is 0.796. The van der Waals surface area contributed by atoms with Crippen molar-refractivity contribution in [2.45, 2.75) is 25.0 Å². The number of hydrogen-bond acceptors (Lipinski definition) is 4. The zero-order chi connectivity index (χ0) is 14.0. The van der Waals surface area contributed by atoms with E-state index in [4.69, 9.17) is 9.72 Å². The second-order valence-corrected chi connectivity index (χ2v) is 7.31. The molecule has 4 heterocycles. The summed E-state index contributed by atoms with van der Waals surface area (Å²) in [6.45, 7) is 2.10. The minimum atomic E-state index is 0.487. The standard InChI is InChI=1S/C16H16BrN3O/c17-10-1-2-13-9(5-10)6-18-16(19-13)20-7-11-12(8-20)15-4-3-14(11)21-15/h1-2,5-6,11-12,14-15H,3-4,7-8H2/t11-,12+,14?,15?. The van der Waals surface area contributed by atoms with Gasteiger partial charge in [0.25, 0.3) is 0 Å². The lowest BCUT2D eigenvalue weighted by Gasteiger charge is -2.18. The van der Waals surface area contributed by atoms with Crippen LogP contribution in [-0.2, 0) is 4.74 Å². The topological polar surface area (TPSA) is 38.2 Å². The summed E-state index contributed by atoms with van der Waals surface area (Å²) < 4.78 is 7.10. The smallest absolute Gasteiger partial charge is 0.225 e. The summed E-state index contributed by atoms with van der Waals surface area (Å²) in [7, 11) is 0. The largest absolute Gasteiger partial charge is 0.374 e. The molecule has 3 aliphatic rings. The number of aromatic nitrogens is 2. The molecule has 1 aromatic heterocycles. The van der Waals surface area contributed by atoms with Crippen LogP contribution >= 0.6 is 15.9 Å². The van der Waals surface area contributed by atoms with Crippen LogP contribution in [0, 0.1) is 11.8 Å². The van der Waals surface area contributed by atoms with Crippen molar-refractivity contribution in [1.82, 2.24) is 9.97 Å². The first kappa shape index (κ1) is 12.4. The third-order valence-corrected chi connectivity index (χ3v) is 5.76. The molecule has 0 N–H and O–H groups in total. The summed E-state index contributed by atoms with van der Waals surface area (Å²) >= 11 is 3.49. The van der Waals surface area contributed by atoms with Crippen LogP contribution < -0.4 is 4.90 Å². The maximum Gasteiger partial charge on any atom is 0.225 e. The first-order valence-corrected chi connectivity index (χ1v) is 8.40. The van der Waals surface area contributed by atoms with Crippen LogP contribution in [-0.4, -0.2) is 35.3 Å². The number of ether oxygens (including phenoxy) is 1. The second-order valence-electron chi connectivity index (χ2n) is 6.40.